The van der Waals surface area contributed by atoms with E-state index in [2.05, 4.69) is 34.4 Å². The highest BCUT2D eigenvalue weighted by molar-refractivity contribution is 4.63. The van der Waals surface area contributed by atoms with Crippen molar-refractivity contribution in [3.8, 4) is 0 Å². The van der Waals surface area contributed by atoms with Crippen molar-refractivity contribution in [1.82, 2.24) is 20.4 Å². The molecule has 0 aromatic heterocycles. The highest BCUT2D eigenvalue weighted by Crippen LogP contribution is 1.90. The molecule has 126 valence electrons. The highest BCUT2D eigenvalue weighted by atomic mass is 16.5. The molecule has 0 aromatic carbocycles. The van der Waals surface area contributed by atoms with Gasteiger partial charge in [0.05, 0.1) is 26.4 Å². The molecule has 21 heavy (non-hydrogen) atoms. The Kier molecular flexibility index (Phi) is 12.0. The Bertz CT molecular complexity index is 232. The normalized spacial score (nSPS) is 22.6. The Labute approximate surface area is 130 Å². The number of rotatable bonds is 4. The summed E-state index contributed by atoms with van der Waals surface area (Å²) in [6.45, 7) is 14.5. The lowest BCUT2D eigenvalue weighted by Gasteiger charge is -2.22. The summed E-state index contributed by atoms with van der Waals surface area (Å²) in [4.78, 5) is 4.76. The molecule has 0 radical (unpaired) electrons. The van der Waals surface area contributed by atoms with Gasteiger partial charge in [0.1, 0.15) is 0 Å². The molecule has 1 heterocycles. The molecule has 0 spiro atoms. The van der Waals surface area contributed by atoms with Crippen molar-refractivity contribution in [2.45, 2.75) is 6.92 Å². The maximum Gasteiger partial charge on any atom is 0.0701 e. The van der Waals surface area contributed by atoms with E-state index in [1.165, 1.54) is 0 Å². The molecule has 6 nitrogen and oxygen atoms in total. The fourth-order valence-corrected chi connectivity index (χ4v) is 2.23. The molecule has 0 atom stereocenters. The lowest BCUT2D eigenvalue weighted by atomic mass is 10.4. The first-order valence-electron chi connectivity index (χ1n) is 8.30. The first-order chi connectivity index (χ1) is 10.3. The van der Waals surface area contributed by atoms with Gasteiger partial charge in [-0.15, -0.1) is 0 Å². The summed E-state index contributed by atoms with van der Waals surface area (Å²) in [6, 6.07) is 0. The average molecular weight is 302 g/mol. The SMILES string of the molecule is CCNCCN1CCNCCN(C)CCOCCOCC1. The molecule has 1 aliphatic heterocycles. The molecule has 1 fully saturated rings. The van der Waals surface area contributed by atoms with Gasteiger partial charge < -0.3 is 25.0 Å². The third kappa shape index (κ3) is 11.0. The van der Waals surface area contributed by atoms with Crippen LogP contribution in [-0.4, -0.2) is 102 Å². The van der Waals surface area contributed by atoms with Gasteiger partial charge in [0.25, 0.3) is 0 Å². The minimum atomic E-state index is 0.697. The number of nitrogens with one attached hydrogen (secondary N) is 2. The predicted octanol–water partition coefficient (Wildman–Crippen LogP) is -0.534. The van der Waals surface area contributed by atoms with Crippen molar-refractivity contribution >= 4 is 0 Å². The van der Waals surface area contributed by atoms with E-state index in [0.717, 1.165) is 72.1 Å². The number of likely N-dealkylation sites (N-methyl/N-ethyl adjacent to an activating group) is 2. The van der Waals surface area contributed by atoms with Gasteiger partial charge in [-0.25, -0.2) is 0 Å². The van der Waals surface area contributed by atoms with Crippen molar-refractivity contribution in [3.63, 3.8) is 0 Å². The van der Waals surface area contributed by atoms with Crippen molar-refractivity contribution in [2.75, 3.05) is 92.4 Å². The van der Waals surface area contributed by atoms with Crippen LogP contribution in [0.4, 0.5) is 0 Å². The summed E-state index contributed by atoms with van der Waals surface area (Å²) in [5.41, 5.74) is 0. The molecule has 0 unspecified atom stereocenters. The van der Waals surface area contributed by atoms with E-state index in [1.54, 1.807) is 0 Å². The van der Waals surface area contributed by atoms with Crippen LogP contribution in [0.5, 0.6) is 0 Å². The number of nitrogens with zero attached hydrogens (tertiary/aromatic N) is 2. The number of hydrogen-bond donors (Lipinski definition) is 2. The largest absolute Gasteiger partial charge is 0.378 e. The lowest BCUT2D eigenvalue weighted by molar-refractivity contribution is 0.0342. The summed E-state index contributed by atoms with van der Waals surface area (Å²) in [7, 11) is 2.14. The van der Waals surface area contributed by atoms with E-state index < -0.39 is 0 Å². The van der Waals surface area contributed by atoms with Crippen LogP contribution in [0.3, 0.4) is 0 Å². The van der Waals surface area contributed by atoms with Crippen molar-refractivity contribution in [2.24, 2.45) is 0 Å². The number of ether oxygens (including phenoxy) is 2. The lowest BCUT2D eigenvalue weighted by Crippen LogP contribution is -2.40. The van der Waals surface area contributed by atoms with Crippen LogP contribution < -0.4 is 10.6 Å². The Morgan fingerprint density at radius 3 is 2.43 bits per heavy atom. The zero-order valence-electron chi connectivity index (χ0n) is 13.9. The molecular formula is C15H34N4O2. The highest BCUT2D eigenvalue weighted by Gasteiger charge is 2.05. The summed E-state index contributed by atoms with van der Waals surface area (Å²) < 4.78 is 11.2. The maximum atomic E-state index is 5.65. The molecule has 6 heteroatoms. The van der Waals surface area contributed by atoms with Crippen LogP contribution in [-0.2, 0) is 9.47 Å². The second-order valence-corrected chi connectivity index (χ2v) is 5.47. The molecule has 0 aromatic rings. The number of hydrogen-bond acceptors (Lipinski definition) is 6. The zero-order chi connectivity index (χ0) is 15.2. The van der Waals surface area contributed by atoms with Crippen molar-refractivity contribution in [3.05, 3.63) is 0 Å². The minimum Gasteiger partial charge on any atom is -0.378 e. The van der Waals surface area contributed by atoms with E-state index >= 15 is 0 Å². The van der Waals surface area contributed by atoms with Crippen molar-refractivity contribution in [1.29, 1.82) is 0 Å². The van der Waals surface area contributed by atoms with Gasteiger partial charge in [0.2, 0.25) is 0 Å². The molecule has 1 rings (SSSR count). The Morgan fingerprint density at radius 2 is 1.67 bits per heavy atom. The minimum absolute atomic E-state index is 0.697. The third-order valence-electron chi connectivity index (χ3n) is 3.67. The summed E-state index contributed by atoms with van der Waals surface area (Å²) in [5.74, 6) is 0. The predicted molar refractivity (Wildman–Crippen MR) is 87.0 cm³/mol. The monoisotopic (exact) mass is 302 g/mol. The second kappa shape index (κ2) is 13.4. The second-order valence-electron chi connectivity index (χ2n) is 5.47. The van der Waals surface area contributed by atoms with Gasteiger partial charge in [-0.2, -0.15) is 0 Å². The molecule has 0 bridgehead atoms. The topological polar surface area (TPSA) is 49.0 Å². The molecule has 1 aliphatic rings. The van der Waals surface area contributed by atoms with Gasteiger partial charge >= 0.3 is 0 Å². The summed E-state index contributed by atoms with van der Waals surface area (Å²) in [6.07, 6.45) is 0. The van der Waals surface area contributed by atoms with Crippen LogP contribution in [0.2, 0.25) is 0 Å². The smallest absolute Gasteiger partial charge is 0.0701 e. The fourth-order valence-electron chi connectivity index (χ4n) is 2.23. The van der Waals surface area contributed by atoms with E-state index in [4.69, 9.17) is 9.47 Å². The maximum absolute atomic E-state index is 5.65. The standard InChI is InChI=1S/C15H34N4O2/c1-3-16-5-8-19-9-6-17-4-7-18(2)10-12-20-14-15-21-13-11-19/h16-17H,3-15H2,1-2H3. The van der Waals surface area contributed by atoms with E-state index in [9.17, 15) is 0 Å². The Balaban J connectivity index is 2.27. The van der Waals surface area contributed by atoms with Crippen LogP contribution >= 0.6 is 0 Å². The first-order valence-corrected chi connectivity index (χ1v) is 8.30. The summed E-state index contributed by atoms with van der Waals surface area (Å²) >= 11 is 0. The van der Waals surface area contributed by atoms with Gasteiger partial charge in [-0.1, -0.05) is 6.92 Å². The molecule has 0 saturated carbocycles. The third-order valence-corrected chi connectivity index (χ3v) is 3.67. The molecule has 0 amide bonds. The van der Waals surface area contributed by atoms with Crippen LogP contribution in [0.25, 0.3) is 0 Å². The molecule has 2 N–H and O–H groups in total. The van der Waals surface area contributed by atoms with Crippen LogP contribution in [0, 0.1) is 0 Å². The molecule has 1 saturated heterocycles. The van der Waals surface area contributed by atoms with Gasteiger partial charge in [-0.05, 0) is 13.6 Å². The summed E-state index contributed by atoms with van der Waals surface area (Å²) in [5, 5.41) is 6.90. The Morgan fingerprint density at radius 1 is 0.952 bits per heavy atom. The Hall–Kier alpha value is -0.240. The van der Waals surface area contributed by atoms with E-state index in [1.807, 2.05) is 0 Å². The van der Waals surface area contributed by atoms with Crippen LogP contribution in [0.1, 0.15) is 6.92 Å². The van der Waals surface area contributed by atoms with Gasteiger partial charge in [0.15, 0.2) is 0 Å². The van der Waals surface area contributed by atoms with E-state index in [-0.39, 0.29) is 0 Å². The molecular weight excluding hydrogens is 268 g/mol. The zero-order valence-corrected chi connectivity index (χ0v) is 13.9. The van der Waals surface area contributed by atoms with Gasteiger partial charge in [-0.3, -0.25) is 4.90 Å². The van der Waals surface area contributed by atoms with E-state index in [0.29, 0.717) is 13.2 Å². The first kappa shape index (κ1) is 18.8. The quantitative estimate of drug-likeness (QED) is 0.681. The molecule has 0 aliphatic carbocycles. The average Bonchev–Trinajstić information content (AvgIpc) is 2.49. The van der Waals surface area contributed by atoms with Gasteiger partial charge in [0, 0.05) is 52.4 Å². The van der Waals surface area contributed by atoms with Crippen LogP contribution in [0.15, 0.2) is 0 Å². The fraction of sp³-hybridized carbons (Fsp3) is 1.00. The van der Waals surface area contributed by atoms with Crippen molar-refractivity contribution < 1.29 is 9.47 Å².